The summed E-state index contributed by atoms with van der Waals surface area (Å²) in [6, 6.07) is 42.3. The molecule has 0 amide bonds. The second-order valence-electron chi connectivity index (χ2n) is 12.9. The summed E-state index contributed by atoms with van der Waals surface area (Å²) in [5, 5.41) is 8.71. The zero-order chi connectivity index (χ0) is 31.3. The minimum absolute atomic E-state index is 1.01. The third-order valence-electron chi connectivity index (χ3n) is 10.7. The summed E-state index contributed by atoms with van der Waals surface area (Å²) < 4.78 is 2.38. The van der Waals surface area contributed by atoms with Crippen molar-refractivity contribution in [2.45, 2.75) is 0 Å². The lowest BCUT2D eigenvalue weighted by molar-refractivity contribution is 1.32. The molecule has 0 saturated carbocycles. The first-order valence-corrected chi connectivity index (χ1v) is 16.2. The maximum atomic E-state index is 5.24. The van der Waals surface area contributed by atoms with Gasteiger partial charge in [-0.25, -0.2) is 4.98 Å². The van der Waals surface area contributed by atoms with Crippen LogP contribution in [-0.4, -0.2) is 48.6 Å². The van der Waals surface area contributed by atoms with Crippen molar-refractivity contribution in [2.24, 2.45) is 0 Å². The van der Waals surface area contributed by atoms with Gasteiger partial charge in [0.2, 0.25) is 0 Å². The molecule has 0 aliphatic rings. The summed E-state index contributed by atoms with van der Waals surface area (Å²) in [6.07, 6.45) is 0. The molecule has 7 heteroatoms. The highest BCUT2D eigenvalue weighted by Crippen LogP contribution is 2.40. The number of pyridine rings is 1. The molecule has 2 nitrogen and oxygen atoms in total. The van der Waals surface area contributed by atoms with Gasteiger partial charge in [-0.05, 0) is 67.4 Å². The molecule has 0 aliphatic heterocycles. The number of hydrogen-bond acceptors (Lipinski definition) is 1. The van der Waals surface area contributed by atoms with Gasteiger partial charge in [0, 0.05) is 10.8 Å². The summed E-state index contributed by atoms with van der Waals surface area (Å²) in [5.41, 5.74) is 16.4. The Morgan fingerprint density at radius 2 is 1.07 bits per heavy atom. The van der Waals surface area contributed by atoms with E-state index in [1.165, 1.54) is 92.8 Å². The topological polar surface area (TPSA) is 17.3 Å². The molecule has 210 valence electrons. The summed E-state index contributed by atoms with van der Waals surface area (Å²) in [7, 11) is 11.3. The van der Waals surface area contributed by atoms with E-state index in [1.54, 1.807) is 0 Å². The van der Waals surface area contributed by atoms with Crippen LogP contribution in [0, 0.1) is 0 Å². The zero-order valence-electron chi connectivity index (χ0n) is 26.9. The van der Waals surface area contributed by atoms with E-state index in [9.17, 15) is 0 Å². The van der Waals surface area contributed by atoms with Gasteiger partial charge in [0.15, 0.2) is 0 Å². The molecule has 0 N–H and O–H groups in total. The van der Waals surface area contributed by atoms with Crippen LogP contribution >= 0.6 is 0 Å². The van der Waals surface area contributed by atoms with Crippen molar-refractivity contribution in [1.82, 2.24) is 9.38 Å². The van der Waals surface area contributed by atoms with Crippen LogP contribution in [0.4, 0.5) is 0 Å². The number of para-hydroxylation sites is 2. The van der Waals surface area contributed by atoms with Crippen molar-refractivity contribution in [3.63, 3.8) is 0 Å². The van der Waals surface area contributed by atoms with Gasteiger partial charge in [0.25, 0.3) is 0 Å². The van der Waals surface area contributed by atoms with Gasteiger partial charge >= 0.3 is 0 Å². The van der Waals surface area contributed by atoms with Crippen LogP contribution in [0.3, 0.4) is 0 Å². The van der Waals surface area contributed by atoms with Crippen LogP contribution in [0.5, 0.6) is 0 Å². The second kappa shape index (κ2) is 9.93. The summed E-state index contributed by atoms with van der Waals surface area (Å²) >= 11 is 0. The summed E-state index contributed by atoms with van der Waals surface area (Å²) in [4.78, 5) is 5.24. The van der Waals surface area contributed by atoms with Gasteiger partial charge in [0.05, 0.1) is 16.6 Å². The first-order chi connectivity index (χ1) is 22.4. The molecular weight excluding hydrogens is 551 g/mol. The Morgan fingerprint density at radius 1 is 0.457 bits per heavy atom. The Morgan fingerprint density at radius 3 is 1.85 bits per heavy atom. The monoisotopic (exact) mass is 580 g/mol. The molecule has 46 heavy (non-hydrogen) atoms. The fourth-order valence-corrected chi connectivity index (χ4v) is 7.96. The van der Waals surface area contributed by atoms with E-state index in [1.807, 2.05) is 0 Å². The molecule has 0 bridgehead atoms. The van der Waals surface area contributed by atoms with E-state index in [0.29, 0.717) is 0 Å². The fraction of sp³-hybridized carbons (Fsp3) is 0. The molecule has 0 saturated heterocycles. The molecule has 0 aliphatic carbocycles. The number of imidazole rings is 1. The third-order valence-corrected chi connectivity index (χ3v) is 10.7. The quantitative estimate of drug-likeness (QED) is 0.225. The minimum Gasteiger partial charge on any atom is -0.292 e. The van der Waals surface area contributed by atoms with E-state index in [0.717, 1.165) is 16.7 Å². The number of nitrogens with zero attached hydrogens (tertiary/aromatic N) is 2. The second-order valence-corrected chi connectivity index (χ2v) is 12.9. The Bertz CT molecular complexity index is 2740. The molecule has 9 aromatic rings. The largest absolute Gasteiger partial charge is 0.292 e. The summed E-state index contributed by atoms with van der Waals surface area (Å²) in [5.74, 6) is 0. The number of fused-ring (bicyclic) bond motifs is 11. The highest BCUT2D eigenvalue weighted by Gasteiger charge is 2.19. The van der Waals surface area contributed by atoms with Gasteiger partial charge in [-0.3, -0.25) is 4.40 Å². The fourth-order valence-electron chi connectivity index (χ4n) is 7.96. The van der Waals surface area contributed by atoms with Gasteiger partial charge in [0.1, 0.15) is 44.9 Å². The average Bonchev–Trinajstić information content (AvgIpc) is 3.49. The van der Waals surface area contributed by atoms with E-state index in [4.69, 9.17) is 4.98 Å². The molecule has 0 unspecified atom stereocenters. The molecular formula is C39H29B5N2. The lowest BCUT2D eigenvalue weighted by atomic mass is 9.59. The Hall–Kier alpha value is -5.15. The lowest BCUT2D eigenvalue weighted by Crippen LogP contribution is -2.55. The maximum Gasteiger partial charge on any atom is 0.147 e. The molecule has 2 aromatic heterocycles. The van der Waals surface area contributed by atoms with Gasteiger partial charge in [-0.1, -0.05) is 108 Å². The zero-order valence-corrected chi connectivity index (χ0v) is 26.9. The van der Waals surface area contributed by atoms with Crippen LogP contribution in [0.1, 0.15) is 0 Å². The van der Waals surface area contributed by atoms with Crippen LogP contribution < -0.4 is 27.3 Å². The summed E-state index contributed by atoms with van der Waals surface area (Å²) in [6.45, 7) is 0. The van der Waals surface area contributed by atoms with E-state index < -0.39 is 0 Å². The highest BCUT2D eigenvalue weighted by molar-refractivity contribution is 6.68. The molecule has 0 spiro atoms. The molecule has 0 radical (unpaired) electrons. The van der Waals surface area contributed by atoms with Crippen molar-refractivity contribution < 1.29 is 0 Å². The number of hydrogen-bond donors (Lipinski definition) is 0. The lowest BCUT2D eigenvalue weighted by Gasteiger charge is -2.22. The highest BCUT2D eigenvalue weighted by atomic mass is 15.0. The number of aromatic nitrogens is 2. The van der Waals surface area contributed by atoms with Gasteiger partial charge in [-0.2, -0.15) is 0 Å². The first kappa shape index (κ1) is 27.2. The van der Waals surface area contributed by atoms with Crippen molar-refractivity contribution in [2.75, 3.05) is 0 Å². The Labute approximate surface area is 272 Å². The minimum atomic E-state index is 1.01. The Balaban J connectivity index is 1.37. The van der Waals surface area contributed by atoms with Crippen molar-refractivity contribution in [3.05, 3.63) is 115 Å². The average molecular weight is 580 g/mol. The van der Waals surface area contributed by atoms with Crippen LogP contribution in [0.25, 0.3) is 82.2 Å². The predicted octanol–water partition coefficient (Wildman–Crippen LogP) is 1.73. The smallest absolute Gasteiger partial charge is 0.147 e. The molecule has 7 aromatic carbocycles. The van der Waals surface area contributed by atoms with E-state index in [-0.39, 0.29) is 0 Å². The van der Waals surface area contributed by atoms with Crippen molar-refractivity contribution in [1.29, 1.82) is 0 Å². The van der Waals surface area contributed by atoms with E-state index >= 15 is 0 Å². The molecule has 0 atom stereocenters. The Kier molecular flexibility index (Phi) is 5.87. The van der Waals surface area contributed by atoms with Crippen LogP contribution in [-0.2, 0) is 0 Å². The van der Waals surface area contributed by atoms with Gasteiger partial charge < -0.3 is 0 Å². The number of benzene rings is 7. The SMILES string of the molecule is Bc1c(B)c(B)c(-c2ccc(-c3ccc4c5ccc6ccccc6c5c5nc6ccccc6n5c4c3)c3ccccc23)c(B)c1B. The normalized spacial score (nSPS) is 11.9. The first-order valence-electron chi connectivity index (χ1n) is 16.2. The van der Waals surface area contributed by atoms with Crippen molar-refractivity contribution >= 4 is 126 Å². The molecule has 9 rings (SSSR count). The maximum absolute atomic E-state index is 5.24. The predicted molar refractivity (Wildman–Crippen MR) is 214 cm³/mol. The van der Waals surface area contributed by atoms with Crippen LogP contribution in [0.2, 0.25) is 0 Å². The standard InChI is InChI=1S/C39H29B5N2/c40-34-33(35(41)37(43)38(44)36(34)42)27-18-17-22(24-9-3-4-10-25(24)27)21-14-15-26-28-16-13-20-7-1-2-8-23(20)32(28)39-45-29-11-5-6-12-30(29)46(39)31(26)19-21/h1-19H,40-44H2. The molecule has 2 heterocycles. The third kappa shape index (κ3) is 3.69. The van der Waals surface area contributed by atoms with Gasteiger partial charge in [-0.15, -0.1) is 16.4 Å². The van der Waals surface area contributed by atoms with Crippen LogP contribution in [0.15, 0.2) is 115 Å². The van der Waals surface area contributed by atoms with E-state index in [2.05, 4.69) is 159 Å². The molecule has 0 fully saturated rings. The van der Waals surface area contributed by atoms with Crippen molar-refractivity contribution in [3.8, 4) is 22.3 Å². The number of rotatable bonds is 2.